The van der Waals surface area contributed by atoms with Crippen LogP contribution in [0, 0.1) is 0 Å². The van der Waals surface area contributed by atoms with Crippen LogP contribution < -0.4 is 10.6 Å². The van der Waals surface area contributed by atoms with Gasteiger partial charge in [-0.3, -0.25) is 14.5 Å². The zero-order valence-electron chi connectivity index (χ0n) is 44.2. The molecule has 1 fully saturated rings. The lowest BCUT2D eigenvalue weighted by molar-refractivity contribution is -0.159. The Hall–Kier alpha value is -9.36. The van der Waals surface area contributed by atoms with Gasteiger partial charge in [-0.25, -0.2) is 9.78 Å². The minimum Gasteiger partial charge on any atom is -0.448 e. The summed E-state index contributed by atoms with van der Waals surface area (Å²) < 4.78 is 78.0. The van der Waals surface area contributed by atoms with Crippen molar-refractivity contribution in [3.8, 4) is 0 Å². The number of anilines is 1. The van der Waals surface area contributed by atoms with Crippen molar-refractivity contribution in [2.75, 3.05) is 5.32 Å². The van der Waals surface area contributed by atoms with E-state index in [1.807, 2.05) is 182 Å². The van der Waals surface area contributed by atoms with Gasteiger partial charge in [0, 0.05) is 23.1 Å². The lowest BCUT2D eigenvalue weighted by Crippen LogP contribution is -2.72. The SMILES string of the molecule is O=C(N[C@@H]1C(=O)N2C(C(=O)OC(c3ccccc3)c3ccccc3)=C(OS(=O)(=O)C(F)(F)F)CC[C@H]12)C(=NOC(c1ccccc1)(c1ccccc1)c1ccccc1)c1nc(NC(c2ccccc2)(c2ccccc2)c2ccccc2)sc1Cl. The first kappa shape index (κ1) is 56.5. The van der Waals surface area contributed by atoms with Crippen molar-refractivity contribution >= 4 is 61.7 Å². The van der Waals surface area contributed by atoms with E-state index in [9.17, 15) is 31.2 Å². The number of alkyl halides is 3. The standard InChI is InChI=1S/C65H49ClF3N5O8S2/c66-58-54(71-62(83-58)72-63(45-29-13-3-14-30-45,46-31-15-4-16-32-46)47-33-17-5-18-34-47)55(73-82-64(48-35-19-6-20-36-48,49-37-21-7-22-38-49)50-39-23-8-24-40-50)59(75)70-53-51-41-42-52(81-84(78,79)65(67,68)69)56(74(51)60(53)76)61(77)80-57(43-25-9-1-10-26-43)44-27-11-2-12-28-44/h1-40,51,53,57H,41-42H2,(H,70,75)(H,71,72)/t51-,53+/m1/s1. The lowest BCUT2D eigenvalue weighted by atomic mass is 9.77. The van der Waals surface area contributed by atoms with Crippen LogP contribution in [0.4, 0.5) is 18.3 Å². The van der Waals surface area contributed by atoms with Gasteiger partial charge in [0.05, 0.1) is 6.04 Å². The van der Waals surface area contributed by atoms with E-state index in [4.69, 9.17) is 31.3 Å². The summed E-state index contributed by atoms with van der Waals surface area (Å²) in [5.41, 5.74) is -4.88. The largest absolute Gasteiger partial charge is 0.534 e. The van der Waals surface area contributed by atoms with Gasteiger partial charge in [-0.1, -0.05) is 271 Å². The molecule has 0 radical (unpaired) electrons. The molecule has 9 aromatic rings. The Bertz CT molecular complexity index is 3750. The minimum absolute atomic E-state index is 0.0194. The van der Waals surface area contributed by atoms with Crippen molar-refractivity contribution in [3.63, 3.8) is 0 Å². The van der Waals surface area contributed by atoms with Crippen LogP contribution in [0.1, 0.15) is 69.1 Å². The molecule has 2 aliphatic heterocycles. The first-order valence-corrected chi connectivity index (χ1v) is 29.0. The summed E-state index contributed by atoms with van der Waals surface area (Å²) >= 11 is 8.30. The number of rotatable bonds is 19. The van der Waals surface area contributed by atoms with Gasteiger partial charge < -0.3 is 24.4 Å². The fourth-order valence-corrected chi connectivity index (χ4v) is 12.3. The number of carbonyl (C=O) groups is 3. The number of ether oxygens (including phenoxy) is 1. The average Bonchev–Trinajstić information content (AvgIpc) is 1.53. The van der Waals surface area contributed by atoms with Crippen LogP contribution in [0.2, 0.25) is 4.34 Å². The van der Waals surface area contributed by atoms with Crippen molar-refractivity contribution in [3.05, 3.63) is 309 Å². The van der Waals surface area contributed by atoms with Gasteiger partial charge in [-0.15, -0.1) is 0 Å². The first-order chi connectivity index (χ1) is 40.7. The summed E-state index contributed by atoms with van der Waals surface area (Å²) in [5.74, 6) is -4.39. The number of halogens is 4. The molecule has 2 aliphatic rings. The molecule has 422 valence electrons. The van der Waals surface area contributed by atoms with Gasteiger partial charge in [-0.2, -0.15) is 21.6 Å². The summed E-state index contributed by atoms with van der Waals surface area (Å²) in [6, 6.07) is 70.9. The van der Waals surface area contributed by atoms with Crippen LogP contribution in [0.25, 0.3) is 0 Å². The highest BCUT2D eigenvalue weighted by molar-refractivity contribution is 7.87. The number of nitrogens with zero attached hydrogens (tertiary/aromatic N) is 3. The molecule has 11 rings (SSSR count). The van der Waals surface area contributed by atoms with Gasteiger partial charge in [-0.05, 0) is 34.2 Å². The third-order valence-electron chi connectivity index (χ3n) is 14.6. The first-order valence-electron chi connectivity index (χ1n) is 26.4. The number of hydrogen-bond donors (Lipinski definition) is 2. The molecular formula is C65H49ClF3N5O8S2. The summed E-state index contributed by atoms with van der Waals surface area (Å²) in [6.07, 6.45) is -2.08. The van der Waals surface area contributed by atoms with Crippen LogP contribution in [0.3, 0.4) is 0 Å². The van der Waals surface area contributed by atoms with Crippen LogP contribution in [0.5, 0.6) is 0 Å². The van der Waals surface area contributed by atoms with Crippen LogP contribution in [-0.2, 0) is 49.4 Å². The van der Waals surface area contributed by atoms with Gasteiger partial charge >= 0.3 is 21.6 Å². The summed E-state index contributed by atoms with van der Waals surface area (Å²) in [4.78, 5) is 57.6. The molecule has 0 spiro atoms. The smallest absolute Gasteiger partial charge is 0.448 e. The number of fused-ring (bicyclic) bond motifs is 1. The second-order valence-electron chi connectivity index (χ2n) is 19.6. The number of carbonyl (C=O) groups excluding carboxylic acids is 3. The van der Waals surface area contributed by atoms with Crippen molar-refractivity contribution in [1.29, 1.82) is 0 Å². The van der Waals surface area contributed by atoms with E-state index in [2.05, 4.69) is 14.8 Å². The fraction of sp³-hybridized carbons (Fsp3) is 0.123. The zero-order valence-corrected chi connectivity index (χ0v) is 46.6. The van der Waals surface area contributed by atoms with Crippen molar-refractivity contribution in [1.82, 2.24) is 15.2 Å². The molecule has 0 unspecified atom stereocenters. The van der Waals surface area contributed by atoms with E-state index < -0.39 is 86.3 Å². The van der Waals surface area contributed by atoms with E-state index in [1.54, 1.807) is 60.7 Å². The predicted octanol–water partition coefficient (Wildman–Crippen LogP) is 12.8. The van der Waals surface area contributed by atoms with E-state index in [1.165, 1.54) is 0 Å². The Kier molecular flexibility index (Phi) is 16.0. The van der Waals surface area contributed by atoms with Gasteiger partial charge in [0.25, 0.3) is 11.8 Å². The Morgan fingerprint density at radius 1 is 0.631 bits per heavy atom. The maximum Gasteiger partial charge on any atom is 0.534 e. The average molecular weight is 1180 g/mol. The molecule has 0 aliphatic carbocycles. The monoisotopic (exact) mass is 1180 g/mol. The third kappa shape index (κ3) is 10.9. The maximum atomic E-state index is 15.5. The number of β-lactam (4-membered cyclic amide) rings is 1. The highest BCUT2D eigenvalue weighted by Gasteiger charge is 2.57. The fourth-order valence-electron chi connectivity index (χ4n) is 10.7. The molecule has 19 heteroatoms. The molecule has 3 heterocycles. The molecule has 2 amide bonds. The highest BCUT2D eigenvalue weighted by Crippen LogP contribution is 2.45. The Labute approximate surface area is 490 Å². The number of thiazole rings is 1. The topological polar surface area (TPSA) is 166 Å². The molecule has 1 aromatic heterocycles. The minimum atomic E-state index is -6.37. The molecule has 2 atom stereocenters. The molecule has 0 bridgehead atoms. The Balaban J connectivity index is 1.01. The van der Waals surface area contributed by atoms with E-state index in [-0.39, 0.29) is 21.6 Å². The molecule has 84 heavy (non-hydrogen) atoms. The van der Waals surface area contributed by atoms with Crippen molar-refractivity contribution in [2.45, 2.75) is 47.7 Å². The van der Waals surface area contributed by atoms with Crippen LogP contribution in [0.15, 0.2) is 259 Å². The molecule has 2 N–H and O–H groups in total. The number of oxime groups is 1. The van der Waals surface area contributed by atoms with Gasteiger partial charge in [0.15, 0.2) is 28.4 Å². The second-order valence-corrected chi connectivity index (χ2v) is 22.7. The highest BCUT2D eigenvalue weighted by atomic mass is 35.5. The molecule has 8 aromatic carbocycles. The van der Waals surface area contributed by atoms with Crippen molar-refractivity contribution < 1.29 is 49.7 Å². The maximum absolute atomic E-state index is 15.5. The van der Waals surface area contributed by atoms with Gasteiger partial charge in [0.1, 0.15) is 21.6 Å². The molecule has 0 saturated carbocycles. The van der Waals surface area contributed by atoms with E-state index in [0.29, 0.717) is 27.8 Å². The summed E-state index contributed by atoms with van der Waals surface area (Å²) in [6.45, 7) is 0. The van der Waals surface area contributed by atoms with E-state index in [0.717, 1.165) is 32.9 Å². The van der Waals surface area contributed by atoms with Crippen LogP contribution >= 0.6 is 22.9 Å². The number of hydrogen-bond acceptors (Lipinski definition) is 12. The second kappa shape index (κ2) is 23.9. The Morgan fingerprint density at radius 2 is 1.04 bits per heavy atom. The normalized spacial score (nSPS) is 15.6. The third-order valence-corrected chi connectivity index (χ3v) is 16.7. The molecule has 1 saturated heterocycles. The zero-order chi connectivity index (χ0) is 58.5. The lowest BCUT2D eigenvalue weighted by Gasteiger charge is -2.49. The quantitative estimate of drug-likeness (QED) is 0.0151. The number of benzene rings is 8. The Morgan fingerprint density at radius 3 is 1.45 bits per heavy atom. The van der Waals surface area contributed by atoms with Crippen LogP contribution in [-0.4, -0.2) is 59.4 Å². The predicted molar refractivity (Wildman–Crippen MR) is 312 cm³/mol. The summed E-state index contributed by atoms with van der Waals surface area (Å²) in [5, 5.41) is 11.4. The number of nitrogens with one attached hydrogen (secondary N) is 2. The van der Waals surface area contributed by atoms with Crippen molar-refractivity contribution in [2.24, 2.45) is 5.16 Å². The summed E-state index contributed by atoms with van der Waals surface area (Å²) in [7, 11) is -6.37. The number of allylic oxidation sites excluding steroid dienone is 1. The number of aromatic nitrogens is 1. The van der Waals surface area contributed by atoms with E-state index >= 15 is 4.79 Å². The van der Waals surface area contributed by atoms with Gasteiger partial charge in [0.2, 0.25) is 5.60 Å². The molecule has 13 nitrogen and oxygen atoms in total. The number of esters is 1. The number of amides is 2. The molecular weight excluding hydrogens is 1140 g/mol.